The van der Waals surface area contributed by atoms with Crippen LogP contribution in [-0.4, -0.2) is 42.1 Å². The van der Waals surface area contributed by atoms with Crippen LogP contribution in [0.3, 0.4) is 0 Å². The highest BCUT2D eigenvalue weighted by atomic mass is 16.6. The number of pyridine rings is 1. The molecule has 1 aliphatic rings. The Morgan fingerprint density at radius 2 is 1.97 bits per heavy atom. The van der Waals surface area contributed by atoms with Crippen molar-refractivity contribution in [3.8, 4) is 11.6 Å². The summed E-state index contributed by atoms with van der Waals surface area (Å²) in [7, 11) is 2.97. The van der Waals surface area contributed by atoms with Gasteiger partial charge in [0.15, 0.2) is 0 Å². The van der Waals surface area contributed by atoms with Crippen LogP contribution in [0.4, 0.5) is 0 Å². The molecular formula is C25H37NO5. The van der Waals surface area contributed by atoms with Crippen molar-refractivity contribution in [1.29, 1.82) is 0 Å². The fourth-order valence-corrected chi connectivity index (χ4v) is 3.76. The number of hydrogen-bond acceptors (Lipinski definition) is 5. The average molecular weight is 432 g/mol. The summed E-state index contributed by atoms with van der Waals surface area (Å²) in [4.78, 5) is 15.6. The topological polar surface area (TPSA) is 84.1 Å². The Labute approximate surface area is 185 Å². The number of nitrogens with one attached hydrogen (secondary N) is 1. The van der Waals surface area contributed by atoms with Crippen molar-refractivity contribution >= 4 is 0 Å². The second-order valence-electron chi connectivity index (χ2n) is 8.64. The lowest BCUT2D eigenvalue weighted by Crippen LogP contribution is -2.33. The molecule has 0 unspecified atom stereocenters. The number of aromatic nitrogens is 1. The molecule has 6 heteroatoms. The maximum absolute atomic E-state index is 12.4. The zero-order valence-corrected chi connectivity index (χ0v) is 20.0. The summed E-state index contributed by atoms with van der Waals surface area (Å²) in [6.07, 6.45) is 9.37. The maximum atomic E-state index is 12.4. The average Bonchev–Trinajstić information content (AvgIpc) is 3.35. The summed E-state index contributed by atoms with van der Waals surface area (Å²) in [6, 6.07) is 0. The summed E-state index contributed by atoms with van der Waals surface area (Å²) in [6.45, 7) is 11.8. The van der Waals surface area contributed by atoms with Crippen molar-refractivity contribution < 1.29 is 19.3 Å². The summed E-state index contributed by atoms with van der Waals surface area (Å²) in [5, 5.41) is 10.5. The predicted octanol–water partition coefficient (Wildman–Crippen LogP) is 4.26. The van der Waals surface area contributed by atoms with Gasteiger partial charge in [-0.15, -0.1) is 0 Å². The van der Waals surface area contributed by atoms with Crippen molar-refractivity contribution in [2.45, 2.75) is 72.2 Å². The molecule has 0 radical (unpaired) electrons. The van der Waals surface area contributed by atoms with Gasteiger partial charge in [0.25, 0.3) is 0 Å². The number of aliphatic hydroxyl groups excluding tert-OH is 1. The van der Waals surface area contributed by atoms with Gasteiger partial charge in [-0.25, -0.2) is 0 Å². The number of methoxy groups -OCH3 is 2. The summed E-state index contributed by atoms with van der Waals surface area (Å²) >= 11 is 0. The molecule has 0 aromatic carbocycles. The van der Waals surface area contributed by atoms with Gasteiger partial charge >= 0.3 is 0 Å². The van der Waals surface area contributed by atoms with Gasteiger partial charge in [-0.05, 0) is 41.0 Å². The van der Waals surface area contributed by atoms with Crippen LogP contribution >= 0.6 is 0 Å². The molecule has 2 N–H and O–H groups in total. The van der Waals surface area contributed by atoms with E-state index in [-0.39, 0.29) is 23.2 Å². The molecular weight excluding hydrogens is 394 g/mol. The van der Waals surface area contributed by atoms with Gasteiger partial charge < -0.3 is 24.3 Å². The monoisotopic (exact) mass is 431 g/mol. The first-order valence-electron chi connectivity index (χ1n) is 10.7. The van der Waals surface area contributed by atoms with E-state index in [4.69, 9.17) is 14.2 Å². The molecule has 1 aromatic heterocycles. The number of aromatic amines is 1. The molecule has 1 aliphatic heterocycles. The SMILES string of the molecule is COc1[nH]c(C/C=C(\C)C/C=C/C(C)=C\[C@@H](C)[C@@H](O)[C@]2(C)O[C@H]2C)c(C)c(=O)c1OC. The van der Waals surface area contributed by atoms with Gasteiger partial charge in [-0.1, -0.05) is 42.4 Å². The lowest BCUT2D eigenvalue weighted by Gasteiger charge is -2.20. The molecule has 1 fully saturated rings. The number of H-pyrrole nitrogens is 1. The third-order valence-corrected chi connectivity index (χ3v) is 6.15. The normalized spacial score (nSPS) is 23.7. The van der Waals surface area contributed by atoms with Crippen molar-refractivity contribution in [2.75, 3.05) is 14.2 Å². The number of epoxide rings is 1. The van der Waals surface area contributed by atoms with Gasteiger partial charge in [0.05, 0.1) is 26.4 Å². The van der Waals surface area contributed by atoms with E-state index in [1.165, 1.54) is 19.8 Å². The van der Waals surface area contributed by atoms with E-state index in [0.29, 0.717) is 17.9 Å². The molecule has 172 valence electrons. The Hall–Kier alpha value is -2.31. The summed E-state index contributed by atoms with van der Waals surface area (Å²) < 4.78 is 15.9. The molecule has 31 heavy (non-hydrogen) atoms. The molecule has 4 atom stereocenters. The quantitative estimate of drug-likeness (QED) is 0.329. The summed E-state index contributed by atoms with van der Waals surface area (Å²) in [5.41, 5.74) is 3.16. The molecule has 2 heterocycles. The van der Waals surface area contributed by atoms with Crippen LogP contribution in [0.15, 0.2) is 40.2 Å². The minimum absolute atomic E-state index is 0.0149. The smallest absolute Gasteiger partial charge is 0.238 e. The van der Waals surface area contributed by atoms with Crippen LogP contribution in [0, 0.1) is 12.8 Å². The van der Waals surface area contributed by atoms with E-state index in [1.807, 2.05) is 27.7 Å². The fraction of sp³-hybridized carbons (Fsp3) is 0.560. The van der Waals surface area contributed by atoms with E-state index in [2.05, 4.69) is 36.2 Å². The van der Waals surface area contributed by atoms with E-state index >= 15 is 0 Å². The standard InChI is InChI=1S/C25H37NO5/c1-15(12-13-20-18(4)21(27)22(29-7)24(26-20)30-8)10-9-11-16(2)14-17(3)23(28)25(6)19(5)31-25/h9,11-12,14,17,19,23,28H,10,13H2,1-8H3,(H,26,27)/b11-9+,15-12+,16-14-/t17-,19+,23-,25-/m1/s1. The molecule has 2 rings (SSSR count). The van der Waals surface area contributed by atoms with Crippen molar-refractivity contribution in [1.82, 2.24) is 4.98 Å². The number of rotatable bonds is 10. The van der Waals surface area contributed by atoms with E-state index in [9.17, 15) is 9.90 Å². The molecule has 0 aliphatic carbocycles. The predicted molar refractivity (Wildman–Crippen MR) is 124 cm³/mol. The number of aliphatic hydroxyl groups is 1. The Morgan fingerprint density at radius 1 is 1.32 bits per heavy atom. The highest BCUT2D eigenvalue weighted by Gasteiger charge is 2.55. The Kier molecular flexibility index (Phi) is 8.32. The van der Waals surface area contributed by atoms with Crippen LogP contribution in [0.25, 0.3) is 0 Å². The van der Waals surface area contributed by atoms with Crippen molar-refractivity contribution in [3.05, 3.63) is 56.9 Å². The second-order valence-corrected chi connectivity index (χ2v) is 8.64. The molecule has 0 saturated carbocycles. The first-order chi connectivity index (χ1) is 14.5. The van der Waals surface area contributed by atoms with Crippen LogP contribution in [0.2, 0.25) is 0 Å². The Morgan fingerprint density at radius 3 is 2.52 bits per heavy atom. The van der Waals surface area contributed by atoms with E-state index in [1.54, 1.807) is 6.92 Å². The zero-order chi connectivity index (χ0) is 23.3. The largest absolute Gasteiger partial charge is 0.488 e. The maximum Gasteiger partial charge on any atom is 0.238 e. The van der Waals surface area contributed by atoms with Crippen LogP contribution in [0.5, 0.6) is 11.6 Å². The fourth-order valence-electron chi connectivity index (χ4n) is 3.76. The van der Waals surface area contributed by atoms with Gasteiger partial charge in [-0.2, -0.15) is 0 Å². The second kappa shape index (κ2) is 10.3. The third-order valence-electron chi connectivity index (χ3n) is 6.15. The van der Waals surface area contributed by atoms with Gasteiger partial charge in [0.2, 0.25) is 17.1 Å². The minimum atomic E-state index is -0.514. The van der Waals surface area contributed by atoms with E-state index in [0.717, 1.165) is 17.7 Å². The first-order valence-corrected chi connectivity index (χ1v) is 10.7. The minimum Gasteiger partial charge on any atom is -0.488 e. The Balaban J connectivity index is 1.98. The van der Waals surface area contributed by atoms with Crippen molar-refractivity contribution in [3.63, 3.8) is 0 Å². The van der Waals surface area contributed by atoms with Crippen molar-refractivity contribution in [2.24, 2.45) is 5.92 Å². The molecule has 0 bridgehead atoms. The number of ether oxygens (including phenoxy) is 3. The third kappa shape index (κ3) is 5.89. The summed E-state index contributed by atoms with van der Waals surface area (Å²) in [5.74, 6) is 0.558. The number of allylic oxidation sites excluding steroid dienone is 5. The van der Waals surface area contributed by atoms with Crippen LogP contribution in [0.1, 0.15) is 52.3 Å². The van der Waals surface area contributed by atoms with E-state index < -0.39 is 11.7 Å². The van der Waals surface area contributed by atoms with Gasteiger partial charge in [-0.3, -0.25) is 4.79 Å². The molecule has 1 aromatic rings. The van der Waals surface area contributed by atoms with Gasteiger partial charge in [0.1, 0.15) is 5.60 Å². The lowest BCUT2D eigenvalue weighted by atomic mass is 9.90. The molecule has 6 nitrogen and oxygen atoms in total. The van der Waals surface area contributed by atoms with Crippen LogP contribution < -0.4 is 14.9 Å². The van der Waals surface area contributed by atoms with Gasteiger partial charge in [0, 0.05) is 23.6 Å². The molecule has 1 saturated heterocycles. The lowest BCUT2D eigenvalue weighted by molar-refractivity contribution is 0.0564. The molecule has 0 amide bonds. The highest BCUT2D eigenvalue weighted by molar-refractivity contribution is 5.40. The van der Waals surface area contributed by atoms with Crippen LogP contribution in [-0.2, 0) is 11.2 Å². The Bertz CT molecular complexity index is 927. The number of hydrogen-bond donors (Lipinski definition) is 2. The molecule has 0 spiro atoms. The zero-order valence-electron chi connectivity index (χ0n) is 20.0. The first kappa shape index (κ1) is 25.0. The highest BCUT2D eigenvalue weighted by Crippen LogP contribution is 2.41.